The molecule has 1 aromatic heterocycles. The maximum Gasteiger partial charge on any atom is 0.405 e. The van der Waals surface area contributed by atoms with E-state index in [1.165, 1.54) is 11.3 Å². The van der Waals surface area contributed by atoms with Gasteiger partial charge in [-0.3, -0.25) is 4.79 Å². The molecular formula is C11H15F3N4OS2. The highest BCUT2D eigenvalue weighted by Gasteiger charge is 2.29. The molecule has 118 valence electrons. The van der Waals surface area contributed by atoms with Crippen LogP contribution in [0.1, 0.15) is 19.8 Å². The molecule has 1 unspecified atom stereocenters. The molecule has 1 amide bonds. The number of nitrogens with one attached hydrogen (secondary N) is 1. The number of hydrogen-bond donors (Lipinski definition) is 1. The van der Waals surface area contributed by atoms with Gasteiger partial charge in [0.05, 0.1) is 5.25 Å². The van der Waals surface area contributed by atoms with Crippen molar-refractivity contribution in [3.05, 3.63) is 0 Å². The SMILES string of the molecule is CC(Sc1nnc(N2CCCC2)s1)C(=O)NCC(F)(F)F. The lowest BCUT2D eigenvalue weighted by atomic mass is 10.4. The molecule has 1 fully saturated rings. The molecule has 1 aliphatic rings. The summed E-state index contributed by atoms with van der Waals surface area (Å²) < 4.78 is 36.7. The van der Waals surface area contributed by atoms with E-state index in [1.807, 2.05) is 5.32 Å². The third-order valence-corrected chi connectivity index (χ3v) is 5.05. The Morgan fingerprint density at radius 2 is 2.10 bits per heavy atom. The zero-order chi connectivity index (χ0) is 15.5. The van der Waals surface area contributed by atoms with E-state index >= 15 is 0 Å². The lowest BCUT2D eigenvalue weighted by molar-refractivity contribution is -0.137. The van der Waals surface area contributed by atoms with Gasteiger partial charge >= 0.3 is 6.18 Å². The molecule has 0 bridgehead atoms. The average molecular weight is 340 g/mol. The Balaban J connectivity index is 1.84. The molecule has 2 rings (SSSR count). The number of alkyl halides is 3. The third kappa shape index (κ3) is 5.03. The number of carbonyl (C=O) groups excluding carboxylic acids is 1. The quantitative estimate of drug-likeness (QED) is 0.834. The van der Waals surface area contributed by atoms with Crippen LogP contribution in [0, 0.1) is 0 Å². The molecule has 1 aromatic rings. The Kier molecular flexibility index (Phi) is 5.31. The molecule has 1 N–H and O–H groups in total. The summed E-state index contributed by atoms with van der Waals surface area (Å²) in [5.74, 6) is -0.657. The molecule has 10 heteroatoms. The Bertz CT molecular complexity index is 488. The Hall–Kier alpha value is -1.03. The maximum absolute atomic E-state index is 12.0. The van der Waals surface area contributed by atoms with Gasteiger partial charge in [-0.15, -0.1) is 10.2 Å². The second kappa shape index (κ2) is 6.82. The minimum absolute atomic E-state index is 0.589. The first-order valence-corrected chi connectivity index (χ1v) is 8.14. The molecule has 1 atom stereocenters. The van der Waals surface area contributed by atoms with E-state index in [4.69, 9.17) is 0 Å². The van der Waals surface area contributed by atoms with Crippen molar-refractivity contribution in [1.82, 2.24) is 15.5 Å². The van der Waals surface area contributed by atoms with Crippen LogP contribution in [0.3, 0.4) is 0 Å². The molecule has 0 radical (unpaired) electrons. The molecule has 0 aromatic carbocycles. The number of nitrogens with zero attached hydrogens (tertiary/aromatic N) is 3. The maximum atomic E-state index is 12.0. The fraction of sp³-hybridized carbons (Fsp3) is 0.727. The topological polar surface area (TPSA) is 58.1 Å². The molecule has 0 saturated carbocycles. The van der Waals surface area contributed by atoms with Crippen molar-refractivity contribution in [1.29, 1.82) is 0 Å². The Morgan fingerprint density at radius 3 is 2.71 bits per heavy atom. The molecule has 5 nitrogen and oxygen atoms in total. The van der Waals surface area contributed by atoms with Gasteiger partial charge in [-0.2, -0.15) is 13.2 Å². The van der Waals surface area contributed by atoms with Crippen molar-refractivity contribution in [2.45, 2.75) is 35.5 Å². The van der Waals surface area contributed by atoms with Gasteiger partial charge in [0.25, 0.3) is 0 Å². The van der Waals surface area contributed by atoms with Crippen molar-refractivity contribution >= 4 is 34.1 Å². The van der Waals surface area contributed by atoms with Gasteiger partial charge in [0.15, 0.2) is 4.34 Å². The van der Waals surface area contributed by atoms with Crippen LogP contribution in [0.4, 0.5) is 18.3 Å². The lowest BCUT2D eigenvalue weighted by Crippen LogP contribution is -2.37. The zero-order valence-electron chi connectivity index (χ0n) is 11.3. The van der Waals surface area contributed by atoms with E-state index in [0.717, 1.165) is 42.8 Å². The van der Waals surface area contributed by atoms with E-state index in [0.29, 0.717) is 4.34 Å². The lowest BCUT2D eigenvalue weighted by Gasteiger charge is -2.12. The van der Waals surface area contributed by atoms with E-state index in [2.05, 4.69) is 15.1 Å². The monoisotopic (exact) mass is 340 g/mol. The molecule has 0 aliphatic carbocycles. The number of thioether (sulfide) groups is 1. The number of anilines is 1. The normalized spacial score (nSPS) is 17.0. The van der Waals surface area contributed by atoms with Crippen LogP contribution in [0.15, 0.2) is 4.34 Å². The van der Waals surface area contributed by atoms with Crippen molar-refractivity contribution in [3.8, 4) is 0 Å². The molecule has 0 spiro atoms. The third-order valence-electron chi connectivity index (χ3n) is 2.88. The van der Waals surface area contributed by atoms with E-state index in [9.17, 15) is 18.0 Å². The predicted octanol–water partition coefficient (Wildman–Crippen LogP) is 2.30. The summed E-state index contributed by atoms with van der Waals surface area (Å²) in [5, 5.41) is 10.1. The standard InChI is InChI=1S/C11H15F3N4OS2/c1-7(8(19)15-6-11(12,13)14)20-10-17-16-9(21-10)18-4-2-3-5-18/h7H,2-6H2,1H3,(H,15,19). The summed E-state index contributed by atoms with van der Waals surface area (Å²) in [6, 6.07) is 0. The fourth-order valence-corrected chi connectivity index (χ4v) is 3.88. The zero-order valence-corrected chi connectivity index (χ0v) is 12.9. The Morgan fingerprint density at radius 1 is 1.43 bits per heavy atom. The van der Waals surface area contributed by atoms with Crippen LogP contribution in [0.2, 0.25) is 0 Å². The second-order valence-corrected chi connectivity index (χ2v) is 7.18. The molecule has 1 aliphatic heterocycles. The number of carbonyl (C=O) groups is 1. The van der Waals surface area contributed by atoms with Crippen molar-refractivity contribution < 1.29 is 18.0 Å². The Labute approximate surface area is 128 Å². The van der Waals surface area contributed by atoms with Crippen LogP contribution in [-0.4, -0.2) is 47.2 Å². The van der Waals surface area contributed by atoms with Crippen molar-refractivity contribution in [2.75, 3.05) is 24.5 Å². The molecule has 2 heterocycles. The van der Waals surface area contributed by atoms with E-state index in [-0.39, 0.29) is 0 Å². The summed E-state index contributed by atoms with van der Waals surface area (Å²) in [5.41, 5.74) is 0. The smallest absolute Gasteiger partial charge is 0.347 e. The van der Waals surface area contributed by atoms with Crippen molar-refractivity contribution in [2.24, 2.45) is 0 Å². The first-order chi connectivity index (χ1) is 9.85. The minimum atomic E-state index is -4.40. The van der Waals surface area contributed by atoms with Crippen LogP contribution < -0.4 is 10.2 Å². The van der Waals surface area contributed by atoms with Crippen molar-refractivity contribution in [3.63, 3.8) is 0 Å². The number of hydrogen-bond acceptors (Lipinski definition) is 6. The number of halogens is 3. The van der Waals surface area contributed by atoms with E-state index in [1.54, 1.807) is 6.92 Å². The summed E-state index contributed by atoms with van der Waals surface area (Å²) in [6.45, 7) is 2.13. The molecule has 21 heavy (non-hydrogen) atoms. The number of rotatable bonds is 5. The van der Waals surface area contributed by atoms with Gasteiger partial charge in [-0.1, -0.05) is 23.1 Å². The van der Waals surface area contributed by atoms with Gasteiger partial charge in [-0.25, -0.2) is 0 Å². The van der Waals surface area contributed by atoms with Gasteiger partial charge in [0, 0.05) is 13.1 Å². The summed E-state index contributed by atoms with van der Waals surface area (Å²) >= 11 is 2.48. The molecular weight excluding hydrogens is 325 g/mol. The van der Waals surface area contributed by atoms with Gasteiger partial charge in [-0.05, 0) is 19.8 Å². The minimum Gasteiger partial charge on any atom is -0.347 e. The van der Waals surface area contributed by atoms with Crippen LogP contribution in [0.5, 0.6) is 0 Å². The van der Waals surface area contributed by atoms with Crippen LogP contribution in [-0.2, 0) is 4.79 Å². The first-order valence-electron chi connectivity index (χ1n) is 6.45. The van der Waals surface area contributed by atoms with Crippen LogP contribution >= 0.6 is 23.1 Å². The van der Waals surface area contributed by atoms with Gasteiger partial charge in [0.1, 0.15) is 6.54 Å². The molecule has 1 saturated heterocycles. The van der Waals surface area contributed by atoms with Gasteiger partial charge < -0.3 is 10.2 Å². The summed E-state index contributed by atoms with van der Waals surface area (Å²) in [6.07, 6.45) is -2.15. The first kappa shape index (κ1) is 16.3. The highest BCUT2D eigenvalue weighted by atomic mass is 32.2. The van der Waals surface area contributed by atoms with E-state index < -0.39 is 23.9 Å². The largest absolute Gasteiger partial charge is 0.405 e. The predicted molar refractivity (Wildman–Crippen MR) is 75.7 cm³/mol. The number of aromatic nitrogens is 2. The van der Waals surface area contributed by atoms with Gasteiger partial charge in [0.2, 0.25) is 11.0 Å². The number of amides is 1. The average Bonchev–Trinajstić information content (AvgIpc) is 3.04. The van der Waals surface area contributed by atoms with Crippen LogP contribution in [0.25, 0.3) is 0 Å². The summed E-state index contributed by atoms with van der Waals surface area (Å²) in [7, 11) is 0. The second-order valence-electron chi connectivity index (χ2n) is 4.64. The summed E-state index contributed by atoms with van der Waals surface area (Å²) in [4.78, 5) is 13.7. The highest BCUT2D eigenvalue weighted by Crippen LogP contribution is 2.32. The highest BCUT2D eigenvalue weighted by molar-refractivity contribution is 8.02. The fourth-order valence-electron chi connectivity index (χ4n) is 1.82.